The molecule has 0 aromatic carbocycles. The number of aromatic nitrogens is 2. The minimum Gasteiger partial charge on any atom is -0.396 e. The first-order chi connectivity index (χ1) is 7.54. The quantitative estimate of drug-likeness (QED) is 0.581. The van der Waals surface area contributed by atoms with Crippen molar-refractivity contribution in [1.29, 1.82) is 0 Å². The van der Waals surface area contributed by atoms with Crippen LogP contribution in [0.2, 0.25) is 0 Å². The minimum atomic E-state index is -1.08. The normalized spacial score (nSPS) is 28.8. The number of H-pyrrole nitrogens is 1. The predicted molar refractivity (Wildman–Crippen MR) is 51.5 cm³/mol. The summed E-state index contributed by atoms with van der Waals surface area (Å²) in [5.74, 6) is -1.37. The molecule has 0 spiro atoms. The van der Waals surface area contributed by atoms with Gasteiger partial charge in [0.25, 0.3) is 5.56 Å². The van der Waals surface area contributed by atoms with Gasteiger partial charge in [-0.05, 0) is 6.42 Å². The fourth-order valence-corrected chi connectivity index (χ4v) is 1.88. The third kappa shape index (κ3) is 1.57. The number of nitrogens with zero attached hydrogens (tertiary/aromatic N) is 1. The number of aliphatic hydroxyl groups excluding tert-OH is 2. The molecule has 16 heavy (non-hydrogen) atoms. The second-order valence-corrected chi connectivity index (χ2v) is 3.88. The highest BCUT2D eigenvalue weighted by Gasteiger charge is 2.41. The first-order valence-electron chi connectivity index (χ1n) is 4.84. The summed E-state index contributed by atoms with van der Waals surface area (Å²) in [5.41, 5.74) is -1.83. The lowest BCUT2D eigenvalue weighted by atomic mass is 9.77. The zero-order chi connectivity index (χ0) is 11.9. The maximum Gasteiger partial charge on any atom is 0.328 e. The molecule has 1 aromatic rings. The SMILES string of the molecule is O=c1[nH]c(=O)n([C@H]2C[C@H](CO)[C@H]2O)cc1F. The van der Waals surface area contributed by atoms with Gasteiger partial charge in [0.1, 0.15) is 0 Å². The average molecular weight is 230 g/mol. The Hall–Kier alpha value is -1.47. The Labute approximate surface area is 89.0 Å². The smallest absolute Gasteiger partial charge is 0.328 e. The summed E-state index contributed by atoms with van der Waals surface area (Å²) in [4.78, 5) is 23.9. The van der Waals surface area contributed by atoms with E-state index >= 15 is 0 Å². The molecule has 1 aliphatic rings. The number of hydrogen-bond acceptors (Lipinski definition) is 4. The van der Waals surface area contributed by atoms with E-state index in [-0.39, 0.29) is 12.5 Å². The monoisotopic (exact) mass is 230 g/mol. The first-order valence-corrected chi connectivity index (χ1v) is 4.84. The molecule has 3 atom stereocenters. The molecule has 0 bridgehead atoms. The fourth-order valence-electron chi connectivity index (χ4n) is 1.88. The molecule has 0 unspecified atom stereocenters. The highest BCUT2D eigenvalue weighted by Crippen LogP contribution is 2.36. The van der Waals surface area contributed by atoms with Gasteiger partial charge < -0.3 is 10.2 Å². The lowest BCUT2D eigenvalue weighted by Gasteiger charge is -2.40. The van der Waals surface area contributed by atoms with Crippen molar-refractivity contribution in [3.63, 3.8) is 0 Å². The Morgan fingerprint density at radius 2 is 2.25 bits per heavy atom. The Bertz CT molecular complexity index is 509. The van der Waals surface area contributed by atoms with Crippen LogP contribution in [0.15, 0.2) is 15.8 Å². The number of aliphatic hydroxyl groups is 2. The maximum absolute atomic E-state index is 13.0. The van der Waals surface area contributed by atoms with Gasteiger partial charge in [-0.3, -0.25) is 14.3 Å². The molecule has 0 radical (unpaired) electrons. The van der Waals surface area contributed by atoms with Crippen molar-refractivity contribution >= 4 is 0 Å². The molecular formula is C9H11FN2O4. The molecular weight excluding hydrogens is 219 g/mol. The first kappa shape index (κ1) is 11.0. The summed E-state index contributed by atoms with van der Waals surface area (Å²) < 4.78 is 13.9. The standard InChI is InChI=1S/C9H11FN2O4/c10-5-2-12(9(16)11-8(5)15)6-1-4(3-13)7(6)14/h2,4,6-7,13-14H,1,3H2,(H,11,15,16)/t4-,6+,7-/m1/s1. The molecule has 1 aliphatic carbocycles. The third-order valence-electron chi connectivity index (χ3n) is 2.94. The Morgan fingerprint density at radius 3 is 2.81 bits per heavy atom. The van der Waals surface area contributed by atoms with E-state index in [0.717, 1.165) is 10.8 Å². The second-order valence-electron chi connectivity index (χ2n) is 3.88. The molecule has 1 aromatic heterocycles. The van der Waals surface area contributed by atoms with Crippen LogP contribution in [0.25, 0.3) is 0 Å². The molecule has 7 heteroatoms. The van der Waals surface area contributed by atoms with Crippen LogP contribution < -0.4 is 11.2 Å². The van der Waals surface area contributed by atoms with E-state index in [2.05, 4.69) is 0 Å². The molecule has 88 valence electrons. The third-order valence-corrected chi connectivity index (χ3v) is 2.94. The van der Waals surface area contributed by atoms with Gasteiger partial charge in [0.2, 0.25) is 5.82 Å². The Kier molecular flexibility index (Phi) is 2.64. The maximum atomic E-state index is 13.0. The topological polar surface area (TPSA) is 95.3 Å². The molecule has 3 N–H and O–H groups in total. The van der Waals surface area contributed by atoms with Crippen LogP contribution in [0.4, 0.5) is 4.39 Å². The van der Waals surface area contributed by atoms with Crippen molar-refractivity contribution in [3.8, 4) is 0 Å². The molecule has 6 nitrogen and oxygen atoms in total. The lowest BCUT2D eigenvalue weighted by Crippen LogP contribution is -2.49. The summed E-state index contributed by atoms with van der Waals surface area (Å²) in [6.45, 7) is -0.182. The molecule has 1 heterocycles. The number of nitrogens with one attached hydrogen (secondary N) is 1. The van der Waals surface area contributed by atoms with Gasteiger partial charge in [0.05, 0.1) is 18.3 Å². The van der Waals surface area contributed by atoms with Gasteiger partial charge >= 0.3 is 5.69 Å². The Balaban J connectivity index is 2.33. The van der Waals surface area contributed by atoms with Crippen LogP contribution in [0.1, 0.15) is 12.5 Å². The van der Waals surface area contributed by atoms with Crippen LogP contribution in [0.3, 0.4) is 0 Å². The number of rotatable bonds is 2. The van der Waals surface area contributed by atoms with E-state index in [0.29, 0.717) is 6.42 Å². The van der Waals surface area contributed by atoms with Gasteiger partial charge in [-0.2, -0.15) is 4.39 Å². The summed E-state index contributed by atoms with van der Waals surface area (Å²) in [7, 11) is 0. The van der Waals surface area contributed by atoms with Gasteiger partial charge in [-0.1, -0.05) is 0 Å². The summed E-state index contributed by atoms with van der Waals surface area (Å²) in [5, 5.41) is 18.4. The molecule has 2 rings (SSSR count). The van der Waals surface area contributed by atoms with Gasteiger partial charge in [0.15, 0.2) is 0 Å². The van der Waals surface area contributed by atoms with E-state index in [4.69, 9.17) is 5.11 Å². The van der Waals surface area contributed by atoms with E-state index in [1.807, 2.05) is 4.98 Å². The number of aromatic amines is 1. The molecule has 0 saturated heterocycles. The van der Waals surface area contributed by atoms with Crippen LogP contribution >= 0.6 is 0 Å². The van der Waals surface area contributed by atoms with Crippen molar-refractivity contribution in [2.75, 3.05) is 6.61 Å². The van der Waals surface area contributed by atoms with Crippen molar-refractivity contribution < 1.29 is 14.6 Å². The van der Waals surface area contributed by atoms with Crippen LogP contribution in [0, 0.1) is 11.7 Å². The Morgan fingerprint density at radius 1 is 1.56 bits per heavy atom. The fraction of sp³-hybridized carbons (Fsp3) is 0.556. The zero-order valence-electron chi connectivity index (χ0n) is 8.26. The van der Waals surface area contributed by atoms with Crippen LogP contribution in [-0.2, 0) is 0 Å². The second kappa shape index (κ2) is 3.84. The van der Waals surface area contributed by atoms with Gasteiger partial charge in [0, 0.05) is 12.5 Å². The number of hydrogen-bond donors (Lipinski definition) is 3. The summed E-state index contributed by atoms with van der Waals surface area (Å²) in [6.07, 6.45) is 0.263. The lowest BCUT2D eigenvalue weighted by molar-refractivity contribution is -0.0582. The molecule has 0 amide bonds. The molecule has 1 fully saturated rings. The molecule has 0 aliphatic heterocycles. The van der Waals surface area contributed by atoms with E-state index < -0.39 is 29.2 Å². The predicted octanol–water partition coefficient (Wildman–Crippen LogP) is -1.41. The summed E-state index contributed by atoms with van der Waals surface area (Å²) >= 11 is 0. The highest BCUT2D eigenvalue weighted by molar-refractivity contribution is 4.98. The summed E-state index contributed by atoms with van der Waals surface area (Å²) in [6, 6.07) is -0.587. The minimum absolute atomic E-state index is 0.182. The molecule has 1 saturated carbocycles. The van der Waals surface area contributed by atoms with E-state index in [1.54, 1.807) is 0 Å². The largest absolute Gasteiger partial charge is 0.396 e. The average Bonchev–Trinajstić information content (AvgIpc) is 2.24. The van der Waals surface area contributed by atoms with Crippen molar-refractivity contribution in [2.45, 2.75) is 18.6 Å². The van der Waals surface area contributed by atoms with Crippen molar-refractivity contribution in [2.24, 2.45) is 5.92 Å². The zero-order valence-corrected chi connectivity index (χ0v) is 8.26. The number of halogens is 1. The van der Waals surface area contributed by atoms with Gasteiger partial charge in [-0.25, -0.2) is 4.79 Å². The van der Waals surface area contributed by atoms with Crippen molar-refractivity contribution in [1.82, 2.24) is 9.55 Å². The van der Waals surface area contributed by atoms with Crippen LogP contribution in [0.5, 0.6) is 0 Å². The van der Waals surface area contributed by atoms with E-state index in [1.165, 1.54) is 0 Å². The highest BCUT2D eigenvalue weighted by atomic mass is 19.1. The van der Waals surface area contributed by atoms with E-state index in [9.17, 15) is 19.1 Å². The van der Waals surface area contributed by atoms with Gasteiger partial charge in [-0.15, -0.1) is 0 Å². The van der Waals surface area contributed by atoms with Crippen LogP contribution in [-0.4, -0.2) is 32.5 Å². The van der Waals surface area contributed by atoms with Crippen molar-refractivity contribution in [3.05, 3.63) is 32.9 Å².